The van der Waals surface area contributed by atoms with Gasteiger partial charge in [-0.15, -0.1) is 0 Å². The largest absolute Gasteiger partial charge is 0.338 e. The van der Waals surface area contributed by atoms with E-state index in [1.54, 1.807) is 42.9 Å². The Morgan fingerprint density at radius 2 is 1.88 bits per heavy atom. The second-order valence-electron chi connectivity index (χ2n) is 8.50. The van der Waals surface area contributed by atoms with Crippen molar-refractivity contribution in [3.05, 3.63) is 108 Å². The fraction of sp³-hybridized carbons (Fsp3) is 0.222. The molecule has 1 aliphatic heterocycles. The fourth-order valence-corrected chi connectivity index (χ4v) is 4.37. The van der Waals surface area contributed by atoms with Crippen LogP contribution in [0.25, 0.3) is 11.3 Å². The lowest BCUT2D eigenvalue weighted by molar-refractivity contribution is 0.0706. The van der Waals surface area contributed by atoms with Crippen molar-refractivity contribution in [2.45, 2.75) is 25.2 Å². The molecule has 4 aromatic rings. The van der Waals surface area contributed by atoms with E-state index in [1.165, 1.54) is 18.5 Å². The van der Waals surface area contributed by atoms with Crippen LogP contribution in [-0.4, -0.2) is 43.8 Å². The van der Waals surface area contributed by atoms with Crippen molar-refractivity contribution in [3.8, 4) is 11.3 Å². The molecule has 3 aromatic heterocycles. The zero-order valence-corrected chi connectivity index (χ0v) is 18.6. The Morgan fingerprint density at radius 1 is 1.06 bits per heavy atom. The summed E-state index contributed by atoms with van der Waals surface area (Å²) in [6, 6.07) is 16.1. The van der Waals surface area contributed by atoms with Crippen LogP contribution in [0.5, 0.6) is 0 Å². The molecule has 0 N–H and O–H groups in total. The summed E-state index contributed by atoms with van der Waals surface area (Å²) >= 11 is 0. The topological polar surface area (TPSA) is 71.9 Å². The van der Waals surface area contributed by atoms with E-state index in [-0.39, 0.29) is 17.6 Å². The lowest BCUT2D eigenvalue weighted by Crippen LogP contribution is -2.39. The Labute approximate surface area is 197 Å². The first kappa shape index (κ1) is 21.8. The highest BCUT2D eigenvalue weighted by atomic mass is 19.1. The number of nitrogens with zero attached hydrogens (tertiary/aromatic N) is 5. The average molecular weight is 454 g/mol. The third-order valence-electron chi connectivity index (χ3n) is 6.12. The summed E-state index contributed by atoms with van der Waals surface area (Å²) in [5.74, 6) is -0.0711. The van der Waals surface area contributed by atoms with Crippen LogP contribution in [0.2, 0.25) is 0 Å². The van der Waals surface area contributed by atoms with Crippen molar-refractivity contribution in [3.63, 3.8) is 0 Å². The molecule has 0 bridgehead atoms. The van der Waals surface area contributed by atoms with Gasteiger partial charge in [-0.2, -0.15) is 0 Å². The number of benzene rings is 1. The van der Waals surface area contributed by atoms with Gasteiger partial charge in [-0.1, -0.05) is 18.2 Å². The lowest BCUT2D eigenvalue weighted by atomic mass is 9.93. The van der Waals surface area contributed by atoms with E-state index in [4.69, 9.17) is 4.98 Å². The number of hydrogen-bond acceptors (Lipinski definition) is 5. The van der Waals surface area contributed by atoms with Crippen LogP contribution < -0.4 is 0 Å². The molecule has 1 amide bonds. The summed E-state index contributed by atoms with van der Waals surface area (Å²) in [7, 11) is 0. The summed E-state index contributed by atoms with van der Waals surface area (Å²) in [6.45, 7) is 1.34. The molecule has 1 saturated heterocycles. The van der Waals surface area contributed by atoms with E-state index in [0.29, 0.717) is 24.2 Å². The quantitative estimate of drug-likeness (QED) is 0.439. The van der Waals surface area contributed by atoms with Gasteiger partial charge in [0, 0.05) is 66.5 Å². The zero-order valence-electron chi connectivity index (χ0n) is 18.6. The summed E-state index contributed by atoms with van der Waals surface area (Å²) in [5.41, 5.74) is 5.01. The predicted molar refractivity (Wildman–Crippen MR) is 127 cm³/mol. The number of hydrogen-bond donors (Lipinski definition) is 0. The number of carbonyl (C=O) groups is 1. The Hall–Kier alpha value is -4.00. The molecule has 0 unspecified atom stereocenters. The van der Waals surface area contributed by atoms with E-state index in [9.17, 15) is 9.18 Å². The first-order chi connectivity index (χ1) is 16.7. The minimum Gasteiger partial charge on any atom is -0.338 e. The van der Waals surface area contributed by atoms with E-state index >= 15 is 0 Å². The van der Waals surface area contributed by atoms with Gasteiger partial charge < -0.3 is 4.90 Å². The maximum Gasteiger partial charge on any atom is 0.254 e. The molecule has 0 aliphatic carbocycles. The third-order valence-corrected chi connectivity index (χ3v) is 6.12. The first-order valence-electron chi connectivity index (χ1n) is 11.4. The number of halogens is 1. The smallest absolute Gasteiger partial charge is 0.254 e. The van der Waals surface area contributed by atoms with E-state index in [0.717, 1.165) is 41.9 Å². The van der Waals surface area contributed by atoms with Gasteiger partial charge in [0.05, 0.1) is 5.69 Å². The number of piperidine rings is 1. The minimum absolute atomic E-state index is 0.00679. The standard InChI is InChI=1S/C27H24FN5O/c28-23-8-6-19(7-9-23)13-24-4-1-5-25(32-24)21-3-2-12-33(17-21)27(34)20-10-11-31-26(14-20)22-15-29-18-30-16-22/h1,4-11,14-16,18,21H,2-3,12-13,17H2/t21-/m0/s1. The molecular formula is C27H24FN5O. The molecule has 0 spiro atoms. The van der Waals surface area contributed by atoms with Crippen molar-refractivity contribution in [2.24, 2.45) is 0 Å². The Morgan fingerprint density at radius 3 is 2.71 bits per heavy atom. The van der Waals surface area contributed by atoms with E-state index in [2.05, 4.69) is 15.0 Å². The summed E-state index contributed by atoms with van der Waals surface area (Å²) in [4.78, 5) is 32.5. The third kappa shape index (κ3) is 4.98. The van der Waals surface area contributed by atoms with Crippen LogP contribution in [0, 0.1) is 5.82 Å². The predicted octanol–water partition coefficient (Wildman–Crippen LogP) is 4.68. The van der Waals surface area contributed by atoms with Gasteiger partial charge >= 0.3 is 0 Å². The van der Waals surface area contributed by atoms with Gasteiger partial charge in [-0.3, -0.25) is 14.8 Å². The Balaban J connectivity index is 1.30. The molecular weight excluding hydrogens is 429 g/mol. The normalized spacial score (nSPS) is 15.8. The highest BCUT2D eigenvalue weighted by molar-refractivity contribution is 5.95. The second-order valence-corrected chi connectivity index (χ2v) is 8.50. The highest BCUT2D eigenvalue weighted by Crippen LogP contribution is 2.27. The molecule has 170 valence electrons. The van der Waals surface area contributed by atoms with Crippen LogP contribution in [0.4, 0.5) is 4.39 Å². The van der Waals surface area contributed by atoms with Crippen LogP contribution in [-0.2, 0) is 6.42 Å². The van der Waals surface area contributed by atoms with Gasteiger partial charge in [-0.05, 0) is 54.8 Å². The number of aromatic nitrogens is 4. The molecule has 5 rings (SSSR count). The van der Waals surface area contributed by atoms with Crippen LogP contribution in [0.3, 0.4) is 0 Å². The Bertz CT molecular complexity index is 1280. The number of rotatable bonds is 5. The molecule has 1 aliphatic rings. The maximum atomic E-state index is 13.3. The minimum atomic E-state index is -0.240. The maximum absolute atomic E-state index is 13.3. The lowest BCUT2D eigenvalue weighted by Gasteiger charge is -2.32. The SMILES string of the molecule is O=C(c1ccnc(-c2cncnc2)c1)N1CCC[C@H](c2cccc(Cc3ccc(F)cc3)n2)C1. The molecule has 1 aromatic carbocycles. The van der Waals surface area contributed by atoms with Gasteiger partial charge in [0.2, 0.25) is 0 Å². The van der Waals surface area contributed by atoms with E-state index in [1.807, 2.05) is 23.1 Å². The van der Waals surface area contributed by atoms with Crippen LogP contribution in [0.15, 0.2) is 79.5 Å². The van der Waals surface area contributed by atoms with E-state index < -0.39 is 0 Å². The van der Waals surface area contributed by atoms with Gasteiger partial charge in [-0.25, -0.2) is 14.4 Å². The van der Waals surface area contributed by atoms with Crippen molar-refractivity contribution >= 4 is 5.91 Å². The number of amides is 1. The first-order valence-corrected chi connectivity index (χ1v) is 11.4. The van der Waals surface area contributed by atoms with Crippen molar-refractivity contribution in [2.75, 3.05) is 13.1 Å². The molecule has 1 atom stereocenters. The molecule has 34 heavy (non-hydrogen) atoms. The molecule has 4 heterocycles. The van der Waals surface area contributed by atoms with Crippen molar-refractivity contribution in [1.82, 2.24) is 24.8 Å². The average Bonchev–Trinajstić information content (AvgIpc) is 2.90. The van der Waals surface area contributed by atoms with Crippen molar-refractivity contribution in [1.29, 1.82) is 0 Å². The monoisotopic (exact) mass is 453 g/mol. The summed E-state index contributed by atoms with van der Waals surface area (Å²) in [5, 5.41) is 0. The van der Waals surface area contributed by atoms with Gasteiger partial charge in [0.1, 0.15) is 12.1 Å². The zero-order chi connectivity index (χ0) is 23.3. The molecule has 0 radical (unpaired) electrons. The fourth-order valence-electron chi connectivity index (χ4n) is 4.37. The highest BCUT2D eigenvalue weighted by Gasteiger charge is 2.26. The summed E-state index contributed by atoms with van der Waals surface area (Å²) < 4.78 is 13.2. The Kier molecular flexibility index (Phi) is 6.33. The van der Waals surface area contributed by atoms with Crippen LogP contribution >= 0.6 is 0 Å². The van der Waals surface area contributed by atoms with Crippen LogP contribution in [0.1, 0.15) is 46.1 Å². The molecule has 6 nitrogen and oxygen atoms in total. The molecule has 0 saturated carbocycles. The number of likely N-dealkylation sites (tertiary alicyclic amines) is 1. The molecule has 1 fully saturated rings. The second kappa shape index (κ2) is 9.87. The molecule has 7 heteroatoms. The number of carbonyl (C=O) groups excluding carboxylic acids is 1. The van der Waals surface area contributed by atoms with Gasteiger partial charge in [0.25, 0.3) is 5.91 Å². The summed E-state index contributed by atoms with van der Waals surface area (Å²) in [6.07, 6.45) is 9.04. The number of pyridine rings is 2. The van der Waals surface area contributed by atoms with Crippen molar-refractivity contribution < 1.29 is 9.18 Å². The van der Waals surface area contributed by atoms with Gasteiger partial charge in [0.15, 0.2) is 0 Å².